The molecule has 0 aromatic heterocycles. The molecule has 0 aliphatic carbocycles. The highest BCUT2D eigenvalue weighted by Crippen LogP contribution is 2.16. The molecule has 1 aromatic rings. The van der Waals surface area contributed by atoms with Gasteiger partial charge in [-0.3, -0.25) is 0 Å². The number of benzene rings is 1. The van der Waals surface area contributed by atoms with Gasteiger partial charge in [-0.15, -0.1) is 0 Å². The van der Waals surface area contributed by atoms with E-state index in [0.717, 1.165) is 5.69 Å². The van der Waals surface area contributed by atoms with Gasteiger partial charge in [-0.25, -0.2) is 0 Å². The van der Waals surface area contributed by atoms with Crippen molar-refractivity contribution in [2.75, 3.05) is 5.32 Å². The monoisotopic (exact) mass is 292 g/mol. The molecule has 0 radical (unpaired) electrons. The Kier molecular flexibility index (Phi) is 3.28. The highest BCUT2D eigenvalue weighted by molar-refractivity contribution is 14.1. The van der Waals surface area contributed by atoms with E-state index in [-0.39, 0.29) is 0 Å². The van der Waals surface area contributed by atoms with Crippen molar-refractivity contribution >= 4 is 45.6 Å². The summed E-state index contributed by atoms with van der Waals surface area (Å²) in [5.41, 5.74) is 7.50. The number of aryl methyl sites for hydroxylation is 1. The van der Waals surface area contributed by atoms with Gasteiger partial charge in [0.25, 0.3) is 0 Å². The lowest BCUT2D eigenvalue weighted by molar-refractivity contribution is 1.42. The summed E-state index contributed by atoms with van der Waals surface area (Å²) in [4.78, 5) is 0. The molecule has 0 bridgehead atoms. The fraction of sp³-hybridized carbons (Fsp3) is 0.125. The van der Waals surface area contributed by atoms with E-state index in [4.69, 9.17) is 18.0 Å². The van der Waals surface area contributed by atoms with Gasteiger partial charge >= 0.3 is 0 Å². The lowest BCUT2D eigenvalue weighted by atomic mass is 10.2. The molecule has 0 saturated heterocycles. The Balaban J connectivity index is 2.89. The third kappa shape index (κ3) is 2.60. The van der Waals surface area contributed by atoms with E-state index in [1.807, 2.05) is 25.1 Å². The molecule has 0 spiro atoms. The van der Waals surface area contributed by atoms with Crippen molar-refractivity contribution in [3.63, 3.8) is 0 Å². The van der Waals surface area contributed by atoms with Crippen LogP contribution in [0.2, 0.25) is 0 Å². The fourth-order valence-electron chi connectivity index (χ4n) is 0.865. The summed E-state index contributed by atoms with van der Waals surface area (Å²) in [6.45, 7) is 2.05. The van der Waals surface area contributed by atoms with E-state index in [1.54, 1.807) is 0 Å². The molecule has 1 aromatic carbocycles. The number of rotatable bonds is 1. The number of hydrogen-bond acceptors (Lipinski definition) is 1. The largest absolute Gasteiger partial charge is 0.376 e. The molecule has 4 heteroatoms. The van der Waals surface area contributed by atoms with Gasteiger partial charge in [-0.1, -0.05) is 0 Å². The molecule has 2 nitrogen and oxygen atoms in total. The Hall–Kier alpha value is -0.360. The Bertz CT molecular complexity index is 312. The molecule has 0 saturated carbocycles. The Morgan fingerprint density at radius 3 is 2.75 bits per heavy atom. The molecule has 64 valence electrons. The van der Waals surface area contributed by atoms with Crippen molar-refractivity contribution in [1.82, 2.24) is 0 Å². The molecule has 1 rings (SSSR count). The van der Waals surface area contributed by atoms with E-state index in [0.29, 0.717) is 5.11 Å². The van der Waals surface area contributed by atoms with Crippen molar-refractivity contribution < 1.29 is 0 Å². The summed E-state index contributed by atoms with van der Waals surface area (Å²) in [5.74, 6) is 0. The minimum atomic E-state index is 0.301. The van der Waals surface area contributed by atoms with Crippen LogP contribution in [0.25, 0.3) is 0 Å². The van der Waals surface area contributed by atoms with Gasteiger partial charge in [0.1, 0.15) is 0 Å². The maximum Gasteiger partial charge on any atom is 0.168 e. The van der Waals surface area contributed by atoms with Gasteiger partial charge in [0.15, 0.2) is 5.11 Å². The molecule has 0 fully saturated rings. The maximum atomic E-state index is 5.33. The molecule has 0 aliphatic rings. The smallest absolute Gasteiger partial charge is 0.168 e. The predicted octanol–water partition coefficient (Wildman–Crippen LogP) is 2.26. The van der Waals surface area contributed by atoms with E-state index in [1.165, 1.54) is 9.13 Å². The van der Waals surface area contributed by atoms with Crippen LogP contribution in [0, 0.1) is 10.5 Å². The molecular formula is C8H9IN2S. The molecule has 3 N–H and O–H groups in total. The van der Waals surface area contributed by atoms with Crippen LogP contribution in [0.5, 0.6) is 0 Å². The van der Waals surface area contributed by atoms with Crippen LogP contribution in [0.15, 0.2) is 18.2 Å². The lowest BCUT2D eigenvalue weighted by Gasteiger charge is -2.05. The summed E-state index contributed by atoms with van der Waals surface area (Å²) in [6, 6.07) is 5.99. The van der Waals surface area contributed by atoms with Crippen LogP contribution >= 0.6 is 34.8 Å². The first-order valence-corrected chi connectivity index (χ1v) is 4.91. The maximum absolute atomic E-state index is 5.33. The lowest BCUT2D eigenvalue weighted by Crippen LogP contribution is -2.18. The first-order valence-electron chi connectivity index (χ1n) is 3.42. The van der Waals surface area contributed by atoms with Gasteiger partial charge in [0.05, 0.1) is 0 Å². The van der Waals surface area contributed by atoms with Crippen LogP contribution in [0.1, 0.15) is 5.56 Å². The van der Waals surface area contributed by atoms with Crippen LogP contribution in [0.3, 0.4) is 0 Å². The third-order valence-corrected chi connectivity index (χ3v) is 2.74. The van der Waals surface area contributed by atoms with Crippen LogP contribution in [0.4, 0.5) is 5.69 Å². The van der Waals surface area contributed by atoms with E-state index in [9.17, 15) is 0 Å². The van der Waals surface area contributed by atoms with Crippen LogP contribution < -0.4 is 11.1 Å². The fourth-order valence-corrected chi connectivity index (χ4v) is 1.32. The van der Waals surface area contributed by atoms with Crippen molar-refractivity contribution in [3.8, 4) is 0 Å². The summed E-state index contributed by atoms with van der Waals surface area (Å²) < 4.78 is 1.24. The first kappa shape index (κ1) is 9.73. The van der Waals surface area contributed by atoms with E-state index < -0.39 is 0 Å². The molecule has 12 heavy (non-hydrogen) atoms. The SMILES string of the molecule is Cc1cc(NC(N)=S)ccc1I. The molecule has 0 unspecified atom stereocenters. The molecule has 0 aliphatic heterocycles. The standard InChI is InChI=1S/C8H9IN2S/c1-5-4-6(11-8(10)12)2-3-7(5)9/h2-4H,1H3,(H3,10,11,12). The Morgan fingerprint density at radius 2 is 2.25 bits per heavy atom. The predicted molar refractivity (Wildman–Crippen MR) is 64.3 cm³/mol. The average molecular weight is 292 g/mol. The second-order valence-corrected chi connectivity index (χ2v) is 4.06. The van der Waals surface area contributed by atoms with Crippen LogP contribution in [-0.4, -0.2) is 5.11 Å². The summed E-state index contributed by atoms with van der Waals surface area (Å²) >= 11 is 7.00. The van der Waals surface area contributed by atoms with Gasteiger partial charge < -0.3 is 11.1 Å². The van der Waals surface area contributed by atoms with Gasteiger partial charge in [0.2, 0.25) is 0 Å². The van der Waals surface area contributed by atoms with Crippen molar-refractivity contribution in [2.24, 2.45) is 5.73 Å². The topological polar surface area (TPSA) is 38.0 Å². The number of anilines is 1. The van der Waals surface area contributed by atoms with Crippen molar-refractivity contribution in [1.29, 1.82) is 0 Å². The third-order valence-electron chi connectivity index (χ3n) is 1.43. The van der Waals surface area contributed by atoms with Crippen molar-refractivity contribution in [2.45, 2.75) is 6.92 Å². The summed E-state index contributed by atoms with van der Waals surface area (Å²) in [5, 5.41) is 3.18. The van der Waals surface area contributed by atoms with Gasteiger partial charge in [0, 0.05) is 9.26 Å². The molecule has 0 heterocycles. The number of thiocarbonyl (C=S) groups is 1. The Morgan fingerprint density at radius 1 is 1.58 bits per heavy atom. The number of nitrogens with one attached hydrogen (secondary N) is 1. The average Bonchev–Trinajstić information content (AvgIpc) is 1.96. The summed E-state index contributed by atoms with van der Waals surface area (Å²) in [7, 11) is 0. The van der Waals surface area contributed by atoms with Crippen molar-refractivity contribution in [3.05, 3.63) is 27.3 Å². The zero-order valence-corrected chi connectivity index (χ0v) is 9.57. The van der Waals surface area contributed by atoms with E-state index in [2.05, 4.69) is 27.9 Å². The number of nitrogens with two attached hydrogens (primary N) is 1. The zero-order valence-electron chi connectivity index (χ0n) is 6.60. The second kappa shape index (κ2) is 4.04. The minimum absolute atomic E-state index is 0.301. The quantitative estimate of drug-likeness (QED) is 0.616. The Labute approximate surface area is 90.7 Å². The minimum Gasteiger partial charge on any atom is -0.376 e. The first-order chi connectivity index (χ1) is 5.59. The van der Waals surface area contributed by atoms with Crippen LogP contribution in [-0.2, 0) is 0 Å². The normalized spacial score (nSPS) is 9.50. The number of hydrogen-bond donors (Lipinski definition) is 2. The highest BCUT2D eigenvalue weighted by Gasteiger charge is 1.96. The zero-order chi connectivity index (χ0) is 9.14. The second-order valence-electron chi connectivity index (χ2n) is 2.45. The molecule has 0 atom stereocenters. The molecule has 0 amide bonds. The highest BCUT2D eigenvalue weighted by atomic mass is 127. The van der Waals surface area contributed by atoms with Gasteiger partial charge in [-0.2, -0.15) is 0 Å². The van der Waals surface area contributed by atoms with E-state index >= 15 is 0 Å². The molecular weight excluding hydrogens is 283 g/mol. The van der Waals surface area contributed by atoms with Gasteiger partial charge in [-0.05, 0) is 65.5 Å². The summed E-state index contributed by atoms with van der Waals surface area (Å²) in [6.07, 6.45) is 0. The number of halogens is 1.